The van der Waals surface area contributed by atoms with Gasteiger partial charge in [0.1, 0.15) is 11.5 Å². The molecule has 0 bridgehead atoms. The summed E-state index contributed by atoms with van der Waals surface area (Å²) in [5.41, 5.74) is 2.91. The molecule has 1 aliphatic rings. The van der Waals surface area contributed by atoms with Gasteiger partial charge in [0.2, 0.25) is 0 Å². The van der Waals surface area contributed by atoms with E-state index < -0.39 is 0 Å². The summed E-state index contributed by atoms with van der Waals surface area (Å²) in [6, 6.07) is 20.7. The Labute approximate surface area is 177 Å². The van der Waals surface area contributed by atoms with Crippen molar-refractivity contribution in [3.63, 3.8) is 0 Å². The molecule has 1 atom stereocenters. The summed E-state index contributed by atoms with van der Waals surface area (Å²) in [5.74, 6) is 0.503. The van der Waals surface area contributed by atoms with Gasteiger partial charge in [-0.2, -0.15) is 4.98 Å². The molecule has 4 rings (SSSR count). The molecule has 154 valence electrons. The molecule has 5 heteroatoms. The van der Waals surface area contributed by atoms with E-state index in [9.17, 15) is 9.59 Å². The highest BCUT2D eigenvalue weighted by atomic mass is 16.2. The van der Waals surface area contributed by atoms with Gasteiger partial charge in [-0.15, -0.1) is 0 Å². The molecule has 0 saturated heterocycles. The predicted molar refractivity (Wildman–Crippen MR) is 118 cm³/mol. The molecule has 1 aromatic heterocycles. The number of amides is 1. The van der Waals surface area contributed by atoms with Crippen LogP contribution in [0, 0.1) is 13.8 Å². The van der Waals surface area contributed by atoms with Gasteiger partial charge in [0.25, 0.3) is 11.5 Å². The fourth-order valence-electron chi connectivity index (χ4n) is 4.56. The lowest BCUT2D eigenvalue weighted by molar-refractivity contribution is 0.0587. The SMILES string of the molecule is Cc1c2n(c(C)nc1=O)[C@@H](C(c1ccccc1)c1ccccc1)CN(C(C)C)C2=O. The number of aromatic nitrogens is 2. The van der Waals surface area contributed by atoms with Crippen LogP contribution in [-0.2, 0) is 0 Å². The number of fused-ring (bicyclic) bond motifs is 1. The first-order valence-electron chi connectivity index (χ1n) is 10.4. The van der Waals surface area contributed by atoms with Gasteiger partial charge in [-0.1, -0.05) is 60.7 Å². The molecule has 0 spiro atoms. The number of benzene rings is 2. The van der Waals surface area contributed by atoms with Crippen LogP contribution in [-0.4, -0.2) is 32.9 Å². The lowest BCUT2D eigenvalue weighted by atomic mass is 9.83. The summed E-state index contributed by atoms with van der Waals surface area (Å²) in [6.45, 7) is 8.13. The van der Waals surface area contributed by atoms with E-state index in [1.807, 2.05) is 66.6 Å². The fraction of sp³-hybridized carbons (Fsp3) is 0.320. The molecule has 2 aromatic carbocycles. The summed E-state index contributed by atoms with van der Waals surface area (Å²) in [4.78, 5) is 31.9. The zero-order valence-corrected chi connectivity index (χ0v) is 17.9. The molecule has 30 heavy (non-hydrogen) atoms. The zero-order chi connectivity index (χ0) is 21.4. The quantitative estimate of drug-likeness (QED) is 0.661. The van der Waals surface area contributed by atoms with Crippen molar-refractivity contribution in [2.75, 3.05) is 6.54 Å². The topological polar surface area (TPSA) is 55.2 Å². The third-order valence-corrected chi connectivity index (χ3v) is 6.03. The molecular formula is C25H27N3O2. The summed E-state index contributed by atoms with van der Waals surface area (Å²) < 4.78 is 2.00. The minimum Gasteiger partial charge on any atom is -0.333 e. The van der Waals surface area contributed by atoms with E-state index in [2.05, 4.69) is 29.2 Å². The monoisotopic (exact) mass is 401 g/mol. The van der Waals surface area contributed by atoms with E-state index in [4.69, 9.17) is 0 Å². The Morgan fingerprint density at radius 1 is 0.900 bits per heavy atom. The number of nitrogens with zero attached hydrogens (tertiary/aromatic N) is 3. The van der Waals surface area contributed by atoms with Crippen molar-refractivity contribution >= 4 is 5.91 Å². The first kappa shape index (κ1) is 20.1. The maximum absolute atomic E-state index is 13.4. The van der Waals surface area contributed by atoms with Crippen LogP contribution in [0.1, 0.15) is 58.8 Å². The largest absolute Gasteiger partial charge is 0.333 e. The van der Waals surface area contributed by atoms with Crippen LogP contribution in [0.25, 0.3) is 0 Å². The highest BCUT2D eigenvalue weighted by Gasteiger charge is 2.39. The predicted octanol–water partition coefficient (Wildman–Crippen LogP) is 4.10. The van der Waals surface area contributed by atoms with Crippen molar-refractivity contribution in [3.05, 3.63) is 99.2 Å². The van der Waals surface area contributed by atoms with E-state index in [0.717, 1.165) is 0 Å². The maximum Gasteiger partial charge on any atom is 0.276 e. The standard InChI is InChI=1S/C25H27N3O2/c1-16(2)27-15-21(28-18(4)26-24(29)17(3)23(28)25(27)30)22(19-11-7-5-8-12-19)20-13-9-6-10-14-20/h5-14,16,21-22H,15H2,1-4H3/t21-/m1/s1. The molecule has 3 aromatic rings. The van der Waals surface area contributed by atoms with Crippen molar-refractivity contribution in [2.45, 2.75) is 45.7 Å². The minimum absolute atomic E-state index is 0.0166. The first-order chi connectivity index (χ1) is 14.4. The summed E-state index contributed by atoms with van der Waals surface area (Å²) in [7, 11) is 0. The van der Waals surface area contributed by atoms with E-state index in [0.29, 0.717) is 23.6 Å². The Morgan fingerprint density at radius 3 is 1.93 bits per heavy atom. The van der Waals surface area contributed by atoms with Gasteiger partial charge < -0.3 is 9.47 Å². The molecular weight excluding hydrogens is 374 g/mol. The van der Waals surface area contributed by atoms with E-state index in [-0.39, 0.29) is 29.5 Å². The van der Waals surface area contributed by atoms with Gasteiger partial charge in [0.05, 0.1) is 6.04 Å². The van der Waals surface area contributed by atoms with Gasteiger partial charge in [-0.3, -0.25) is 9.59 Å². The molecule has 1 aliphatic heterocycles. The third kappa shape index (κ3) is 3.34. The molecule has 5 nitrogen and oxygen atoms in total. The number of rotatable bonds is 4. The Morgan fingerprint density at radius 2 is 1.43 bits per heavy atom. The average molecular weight is 402 g/mol. The minimum atomic E-state index is -0.326. The van der Waals surface area contributed by atoms with Crippen LogP contribution in [0.4, 0.5) is 0 Å². The molecule has 1 amide bonds. The van der Waals surface area contributed by atoms with Crippen LogP contribution in [0.15, 0.2) is 65.5 Å². The fourth-order valence-corrected chi connectivity index (χ4v) is 4.56. The smallest absolute Gasteiger partial charge is 0.276 e. The summed E-state index contributed by atoms with van der Waals surface area (Å²) in [6.07, 6.45) is 0. The van der Waals surface area contributed by atoms with Gasteiger partial charge in [-0.25, -0.2) is 0 Å². The van der Waals surface area contributed by atoms with Crippen molar-refractivity contribution in [1.29, 1.82) is 0 Å². The number of hydrogen-bond donors (Lipinski definition) is 0. The van der Waals surface area contributed by atoms with Crippen LogP contribution in [0.5, 0.6) is 0 Å². The molecule has 0 N–H and O–H groups in total. The molecule has 0 saturated carbocycles. The zero-order valence-electron chi connectivity index (χ0n) is 17.9. The van der Waals surface area contributed by atoms with Crippen molar-refractivity contribution in [2.24, 2.45) is 0 Å². The third-order valence-electron chi connectivity index (χ3n) is 6.03. The van der Waals surface area contributed by atoms with Gasteiger partial charge in [0, 0.05) is 24.1 Å². The van der Waals surface area contributed by atoms with Crippen molar-refractivity contribution < 1.29 is 4.79 Å². The summed E-state index contributed by atoms with van der Waals surface area (Å²) in [5, 5.41) is 0. The van der Waals surface area contributed by atoms with E-state index >= 15 is 0 Å². The van der Waals surface area contributed by atoms with Crippen LogP contribution in [0.3, 0.4) is 0 Å². The number of carbonyl (C=O) groups excluding carboxylic acids is 1. The Hall–Kier alpha value is -3.21. The highest BCUT2D eigenvalue weighted by molar-refractivity contribution is 5.95. The van der Waals surface area contributed by atoms with Gasteiger partial charge in [0.15, 0.2) is 0 Å². The van der Waals surface area contributed by atoms with Crippen LogP contribution >= 0.6 is 0 Å². The van der Waals surface area contributed by atoms with E-state index in [1.165, 1.54) is 11.1 Å². The van der Waals surface area contributed by atoms with Gasteiger partial charge in [-0.05, 0) is 38.8 Å². The second kappa shape index (κ2) is 7.90. The normalized spacial score (nSPS) is 16.3. The second-order valence-electron chi connectivity index (χ2n) is 8.23. The van der Waals surface area contributed by atoms with Crippen LogP contribution in [0.2, 0.25) is 0 Å². The van der Waals surface area contributed by atoms with E-state index in [1.54, 1.807) is 6.92 Å². The first-order valence-corrected chi connectivity index (χ1v) is 10.4. The molecule has 0 aliphatic carbocycles. The highest BCUT2D eigenvalue weighted by Crippen LogP contribution is 2.40. The molecule has 0 radical (unpaired) electrons. The number of hydrogen-bond acceptors (Lipinski definition) is 3. The second-order valence-corrected chi connectivity index (χ2v) is 8.23. The Bertz CT molecular complexity index is 1080. The molecule has 0 fully saturated rings. The maximum atomic E-state index is 13.4. The van der Waals surface area contributed by atoms with Gasteiger partial charge >= 0.3 is 0 Å². The average Bonchev–Trinajstić information content (AvgIpc) is 2.74. The van der Waals surface area contributed by atoms with Crippen molar-refractivity contribution in [3.8, 4) is 0 Å². The summed E-state index contributed by atoms with van der Waals surface area (Å²) >= 11 is 0. The molecule has 0 unspecified atom stereocenters. The number of aryl methyl sites for hydroxylation is 1. The Kier molecular flexibility index (Phi) is 5.29. The van der Waals surface area contributed by atoms with Crippen molar-refractivity contribution in [1.82, 2.24) is 14.5 Å². The number of carbonyl (C=O) groups is 1. The lowest BCUT2D eigenvalue weighted by Crippen LogP contribution is -2.50. The van der Waals surface area contributed by atoms with Crippen LogP contribution < -0.4 is 5.56 Å². The Balaban J connectivity index is 2.00. The molecule has 2 heterocycles. The lowest BCUT2D eigenvalue weighted by Gasteiger charge is -2.42.